The fourth-order valence-corrected chi connectivity index (χ4v) is 1.80. The lowest BCUT2D eigenvalue weighted by molar-refractivity contribution is 0.337. The smallest absolute Gasteiger partial charge is 0.267 e. The van der Waals surface area contributed by atoms with Crippen molar-refractivity contribution in [2.75, 3.05) is 12.4 Å². The molecule has 0 aliphatic rings. The Bertz CT molecular complexity index is 177. The van der Waals surface area contributed by atoms with Gasteiger partial charge in [0.25, 0.3) is 10.1 Å². The van der Waals surface area contributed by atoms with E-state index < -0.39 is 10.1 Å². The largest absolute Gasteiger partial charge is 0.344 e. The van der Waals surface area contributed by atoms with Crippen LogP contribution >= 0.6 is 0 Å². The minimum Gasteiger partial charge on any atom is -0.344 e. The summed E-state index contributed by atoms with van der Waals surface area (Å²) in [6.45, 7) is 3.96. The van der Waals surface area contributed by atoms with Gasteiger partial charge in [-0.25, -0.2) is 0 Å². The maximum absolute atomic E-state index is 10.9. The number of hydrogen-bond donors (Lipinski definition) is 1. The molecule has 0 spiro atoms. The monoisotopic (exact) mass is 197 g/mol. The van der Waals surface area contributed by atoms with E-state index in [9.17, 15) is 8.42 Å². The second-order valence-corrected chi connectivity index (χ2v) is 4.13. The Morgan fingerprint density at radius 3 is 2.17 bits per heavy atom. The number of hydrogen-bond acceptors (Lipinski definition) is 4. The van der Waals surface area contributed by atoms with Crippen molar-refractivity contribution < 1.29 is 12.6 Å². The molecule has 12 heavy (non-hydrogen) atoms. The Morgan fingerprint density at radius 1 is 1.17 bits per heavy atom. The van der Waals surface area contributed by atoms with E-state index in [1.807, 2.05) is 6.92 Å². The molecule has 0 aliphatic heterocycles. The van der Waals surface area contributed by atoms with Crippen LogP contribution in [0.2, 0.25) is 0 Å². The first kappa shape index (κ1) is 14.4. The van der Waals surface area contributed by atoms with Crippen LogP contribution in [0.25, 0.3) is 0 Å². The summed E-state index contributed by atoms with van der Waals surface area (Å²) in [6, 6.07) is 0. The van der Waals surface area contributed by atoms with Crippen LogP contribution in [0.5, 0.6) is 0 Å². The maximum atomic E-state index is 10.9. The molecule has 0 bridgehead atoms. The second-order valence-electron chi connectivity index (χ2n) is 2.38. The van der Waals surface area contributed by atoms with E-state index in [1.165, 1.54) is 0 Å². The topological polar surface area (TPSA) is 78.4 Å². The summed E-state index contributed by atoms with van der Waals surface area (Å²) < 4.78 is 26.3. The van der Waals surface area contributed by atoms with Crippen molar-refractivity contribution in [1.29, 1.82) is 0 Å². The first-order valence-electron chi connectivity index (χ1n) is 3.99. The third-order valence-corrected chi connectivity index (χ3v) is 2.68. The SMILES string of the molecule is CCCCCS(=O)(=O)OCC.N. The molecular formula is C7H19NO3S. The zero-order valence-electron chi connectivity index (χ0n) is 7.88. The molecule has 0 aromatic rings. The van der Waals surface area contributed by atoms with Crippen molar-refractivity contribution in [2.24, 2.45) is 0 Å². The minimum absolute atomic E-state index is 0. The summed E-state index contributed by atoms with van der Waals surface area (Å²) in [6.07, 6.45) is 2.69. The van der Waals surface area contributed by atoms with Crippen LogP contribution in [-0.2, 0) is 14.3 Å². The van der Waals surface area contributed by atoms with Gasteiger partial charge in [-0.15, -0.1) is 0 Å². The van der Waals surface area contributed by atoms with E-state index in [0.717, 1.165) is 12.8 Å². The van der Waals surface area contributed by atoms with Gasteiger partial charge in [0.15, 0.2) is 0 Å². The molecule has 0 fully saturated rings. The molecule has 0 rings (SSSR count). The van der Waals surface area contributed by atoms with Gasteiger partial charge in [-0.2, -0.15) is 8.42 Å². The van der Waals surface area contributed by atoms with E-state index in [4.69, 9.17) is 0 Å². The van der Waals surface area contributed by atoms with E-state index in [-0.39, 0.29) is 18.5 Å². The van der Waals surface area contributed by atoms with Gasteiger partial charge in [0.1, 0.15) is 0 Å². The summed E-state index contributed by atoms with van der Waals surface area (Å²) in [5.41, 5.74) is 0. The highest BCUT2D eigenvalue weighted by Gasteiger charge is 2.07. The third kappa shape index (κ3) is 7.97. The molecular weight excluding hydrogens is 178 g/mol. The van der Waals surface area contributed by atoms with Crippen LogP contribution in [-0.4, -0.2) is 20.8 Å². The average molecular weight is 197 g/mol. The Balaban J connectivity index is 0. The molecule has 0 aromatic heterocycles. The predicted molar refractivity (Wildman–Crippen MR) is 50.0 cm³/mol. The van der Waals surface area contributed by atoms with Gasteiger partial charge in [-0.1, -0.05) is 19.8 Å². The highest BCUT2D eigenvalue weighted by Crippen LogP contribution is 2.00. The molecule has 76 valence electrons. The summed E-state index contributed by atoms with van der Waals surface area (Å²) in [5.74, 6) is 0.161. The van der Waals surface area contributed by atoms with Crippen molar-refractivity contribution in [2.45, 2.75) is 33.1 Å². The molecule has 4 nitrogen and oxygen atoms in total. The third-order valence-electron chi connectivity index (χ3n) is 1.30. The van der Waals surface area contributed by atoms with Crippen LogP contribution in [0, 0.1) is 0 Å². The predicted octanol–water partition coefficient (Wildman–Crippen LogP) is 1.70. The fraction of sp³-hybridized carbons (Fsp3) is 1.00. The summed E-state index contributed by atoms with van der Waals surface area (Å²) in [7, 11) is -3.20. The van der Waals surface area contributed by atoms with Crippen molar-refractivity contribution in [3.63, 3.8) is 0 Å². The van der Waals surface area contributed by atoms with Gasteiger partial charge in [0.05, 0.1) is 12.4 Å². The maximum Gasteiger partial charge on any atom is 0.267 e. The zero-order valence-corrected chi connectivity index (χ0v) is 8.69. The Labute approximate surface area is 75.0 Å². The first-order chi connectivity index (χ1) is 5.12. The van der Waals surface area contributed by atoms with Crippen molar-refractivity contribution in [1.82, 2.24) is 6.15 Å². The lowest BCUT2D eigenvalue weighted by Crippen LogP contribution is -2.09. The van der Waals surface area contributed by atoms with Gasteiger partial charge in [0.2, 0.25) is 0 Å². The molecule has 0 saturated carbocycles. The van der Waals surface area contributed by atoms with E-state index in [0.29, 0.717) is 6.42 Å². The van der Waals surface area contributed by atoms with Crippen molar-refractivity contribution in [3.05, 3.63) is 0 Å². The van der Waals surface area contributed by atoms with Crippen molar-refractivity contribution in [3.8, 4) is 0 Å². The highest BCUT2D eigenvalue weighted by atomic mass is 32.2. The minimum atomic E-state index is -3.20. The lowest BCUT2D eigenvalue weighted by atomic mass is 10.3. The van der Waals surface area contributed by atoms with Crippen molar-refractivity contribution >= 4 is 10.1 Å². The van der Waals surface area contributed by atoms with Gasteiger partial charge >= 0.3 is 0 Å². The summed E-state index contributed by atoms with van der Waals surface area (Å²) in [5, 5.41) is 0. The molecule has 0 atom stereocenters. The standard InChI is InChI=1S/C7H16O3S.H3N/c1-3-5-6-7-11(8,9)10-4-2;/h3-7H2,1-2H3;1H3. The Kier molecular flexibility index (Phi) is 9.02. The van der Waals surface area contributed by atoms with Gasteiger partial charge < -0.3 is 6.15 Å². The van der Waals surface area contributed by atoms with E-state index in [1.54, 1.807) is 6.92 Å². The van der Waals surface area contributed by atoms with Gasteiger partial charge in [-0.05, 0) is 13.3 Å². The second kappa shape index (κ2) is 7.52. The lowest BCUT2D eigenvalue weighted by Gasteiger charge is -2.01. The van der Waals surface area contributed by atoms with Crippen LogP contribution < -0.4 is 6.15 Å². The van der Waals surface area contributed by atoms with Gasteiger partial charge in [-0.3, -0.25) is 4.18 Å². The zero-order chi connectivity index (χ0) is 8.74. The molecule has 3 N–H and O–H groups in total. The quantitative estimate of drug-likeness (QED) is 0.519. The van der Waals surface area contributed by atoms with Crippen LogP contribution in [0.1, 0.15) is 33.1 Å². The number of unbranched alkanes of at least 4 members (excludes halogenated alkanes) is 2. The first-order valence-corrected chi connectivity index (χ1v) is 5.57. The van der Waals surface area contributed by atoms with Crippen LogP contribution in [0.4, 0.5) is 0 Å². The van der Waals surface area contributed by atoms with Gasteiger partial charge in [0, 0.05) is 0 Å². The van der Waals surface area contributed by atoms with Crippen LogP contribution in [0.15, 0.2) is 0 Å². The molecule has 0 saturated heterocycles. The highest BCUT2D eigenvalue weighted by molar-refractivity contribution is 7.86. The van der Waals surface area contributed by atoms with Crippen LogP contribution in [0.3, 0.4) is 0 Å². The fourth-order valence-electron chi connectivity index (χ4n) is 0.767. The molecule has 0 radical (unpaired) electrons. The normalized spacial score (nSPS) is 10.8. The van der Waals surface area contributed by atoms with E-state index >= 15 is 0 Å². The molecule has 0 unspecified atom stereocenters. The molecule has 0 heterocycles. The molecule has 5 heteroatoms. The summed E-state index contributed by atoms with van der Waals surface area (Å²) >= 11 is 0. The summed E-state index contributed by atoms with van der Waals surface area (Å²) in [4.78, 5) is 0. The molecule has 0 aliphatic carbocycles. The van der Waals surface area contributed by atoms with E-state index in [2.05, 4.69) is 4.18 Å². The molecule has 0 amide bonds. The number of rotatable bonds is 6. The molecule has 0 aromatic carbocycles. The Morgan fingerprint density at radius 2 is 1.75 bits per heavy atom. The average Bonchev–Trinajstić information content (AvgIpc) is 1.87. The Hall–Kier alpha value is -0.130.